The maximum Gasteiger partial charge on any atom is 0.228 e. The van der Waals surface area contributed by atoms with E-state index in [-0.39, 0.29) is 11.9 Å². The van der Waals surface area contributed by atoms with Gasteiger partial charge < -0.3 is 14.2 Å². The van der Waals surface area contributed by atoms with Crippen LogP contribution in [0.5, 0.6) is 0 Å². The van der Waals surface area contributed by atoms with Crippen molar-refractivity contribution >= 4 is 5.91 Å². The maximum absolute atomic E-state index is 12.5. The molecule has 7 nitrogen and oxygen atoms in total. The number of imidazole rings is 1. The average molecular weight is 355 g/mol. The SMILES string of the molecule is CC1c2nc(CC(=O)N3CCOCC3)cn2CCN1Cc1cccnc1. The van der Waals surface area contributed by atoms with Crippen LogP contribution in [0.4, 0.5) is 0 Å². The molecule has 2 aliphatic rings. The summed E-state index contributed by atoms with van der Waals surface area (Å²) in [4.78, 5) is 25.7. The summed E-state index contributed by atoms with van der Waals surface area (Å²) in [5, 5.41) is 0. The molecule has 4 rings (SSSR count). The number of aromatic nitrogens is 3. The summed E-state index contributed by atoms with van der Waals surface area (Å²) in [6.07, 6.45) is 6.13. The van der Waals surface area contributed by atoms with Crippen molar-refractivity contribution in [2.45, 2.75) is 32.5 Å². The van der Waals surface area contributed by atoms with Gasteiger partial charge >= 0.3 is 0 Å². The van der Waals surface area contributed by atoms with E-state index in [1.54, 1.807) is 6.20 Å². The van der Waals surface area contributed by atoms with E-state index in [4.69, 9.17) is 9.72 Å². The fourth-order valence-corrected chi connectivity index (χ4v) is 3.70. The Balaban J connectivity index is 1.43. The van der Waals surface area contributed by atoms with Gasteiger partial charge in [-0.15, -0.1) is 0 Å². The predicted molar refractivity (Wildman–Crippen MR) is 96.4 cm³/mol. The molecular formula is C19H25N5O2. The molecule has 0 aromatic carbocycles. The molecule has 4 heterocycles. The Morgan fingerprint density at radius 1 is 1.27 bits per heavy atom. The summed E-state index contributed by atoms with van der Waals surface area (Å²) >= 11 is 0. The number of nitrogens with zero attached hydrogens (tertiary/aromatic N) is 5. The van der Waals surface area contributed by atoms with Gasteiger partial charge in [-0.3, -0.25) is 14.7 Å². The number of amides is 1. The van der Waals surface area contributed by atoms with Gasteiger partial charge in [-0.25, -0.2) is 4.98 Å². The lowest BCUT2D eigenvalue weighted by Crippen LogP contribution is -2.41. The first kappa shape index (κ1) is 17.2. The topological polar surface area (TPSA) is 63.5 Å². The fourth-order valence-electron chi connectivity index (χ4n) is 3.70. The van der Waals surface area contributed by atoms with Crippen LogP contribution >= 0.6 is 0 Å². The molecule has 138 valence electrons. The number of hydrogen-bond donors (Lipinski definition) is 0. The highest BCUT2D eigenvalue weighted by Gasteiger charge is 2.27. The van der Waals surface area contributed by atoms with Crippen LogP contribution in [0.1, 0.15) is 30.0 Å². The second-order valence-electron chi connectivity index (χ2n) is 6.96. The Morgan fingerprint density at radius 2 is 2.12 bits per heavy atom. The first-order valence-corrected chi connectivity index (χ1v) is 9.25. The number of pyridine rings is 1. The molecule has 7 heteroatoms. The summed E-state index contributed by atoms with van der Waals surface area (Å²) in [5.41, 5.74) is 2.08. The van der Waals surface area contributed by atoms with Gasteiger partial charge in [0.2, 0.25) is 5.91 Å². The summed E-state index contributed by atoms with van der Waals surface area (Å²) < 4.78 is 7.52. The third-order valence-corrected chi connectivity index (χ3v) is 5.21. The Labute approximate surface area is 153 Å². The number of carbonyl (C=O) groups excluding carboxylic acids is 1. The number of morpholine rings is 1. The van der Waals surface area contributed by atoms with Crippen molar-refractivity contribution in [2.75, 3.05) is 32.8 Å². The third-order valence-electron chi connectivity index (χ3n) is 5.21. The van der Waals surface area contributed by atoms with Gasteiger partial charge in [0.1, 0.15) is 5.82 Å². The average Bonchev–Trinajstić information content (AvgIpc) is 3.09. The summed E-state index contributed by atoms with van der Waals surface area (Å²) in [6, 6.07) is 4.30. The van der Waals surface area contributed by atoms with E-state index >= 15 is 0 Å². The highest BCUT2D eigenvalue weighted by Crippen LogP contribution is 2.26. The van der Waals surface area contributed by atoms with Crippen LogP contribution in [-0.2, 0) is 29.0 Å². The molecule has 1 saturated heterocycles. The number of carbonyl (C=O) groups is 1. The molecule has 0 aliphatic carbocycles. The van der Waals surface area contributed by atoms with E-state index in [0.29, 0.717) is 32.7 Å². The van der Waals surface area contributed by atoms with E-state index in [2.05, 4.69) is 27.4 Å². The van der Waals surface area contributed by atoms with Crippen molar-refractivity contribution in [1.29, 1.82) is 0 Å². The van der Waals surface area contributed by atoms with Crippen molar-refractivity contribution in [3.05, 3.63) is 47.8 Å². The van der Waals surface area contributed by atoms with Crippen molar-refractivity contribution < 1.29 is 9.53 Å². The first-order chi connectivity index (χ1) is 12.7. The van der Waals surface area contributed by atoms with Gasteiger partial charge in [-0.2, -0.15) is 0 Å². The van der Waals surface area contributed by atoms with E-state index in [0.717, 1.165) is 31.2 Å². The summed E-state index contributed by atoms with van der Waals surface area (Å²) in [5.74, 6) is 1.19. The van der Waals surface area contributed by atoms with Gasteiger partial charge in [0.05, 0.1) is 31.4 Å². The molecule has 26 heavy (non-hydrogen) atoms. The number of ether oxygens (including phenoxy) is 1. The normalized spacial score (nSPS) is 20.8. The van der Waals surface area contributed by atoms with Crippen LogP contribution in [0, 0.1) is 0 Å². The molecule has 1 atom stereocenters. The minimum atomic E-state index is 0.142. The van der Waals surface area contributed by atoms with Crippen LogP contribution < -0.4 is 0 Å². The predicted octanol–water partition coefficient (Wildman–Crippen LogP) is 1.26. The molecule has 0 radical (unpaired) electrons. The van der Waals surface area contributed by atoms with Gasteiger partial charge in [-0.05, 0) is 18.6 Å². The summed E-state index contributed by atoms with van der Waals surface area (Å²) in [7, 11) is 0. The van der Waals surface area contributed by atoms with Crippen LogP contribution in [-0.4, -0.2) is 63.1 Å². The van der Waals surface area contributed by atoms with Crippen molar-refractivity contribution in [3.63, 3.8) is 0 Å². The van der Waals surface area contributed by atoms with E-state index in [1.165, 1.54) is 5.56 Å². The monoisotopic (exact) mass is 355 g/mol. The molecule has 2 aliphatic heterocycles. The van der Waals surface area contributed by atoms with Crippen LogP contribution in [0.3, 0.4) is 0 Å². The lowest BCUT2D eigenvalue weighted by Gasteiger charge is -2.33. The zero-order chi connectivity index (χ0) is 17.9. The fraction of sp³-hybridized carbons (Fsp3) is 0.526. The number of hydrogen-bond acceptors (Lipinski definition) is 5. The molecule has 1 amide bonds. The second kappa shape index (κ2) is 7.55. The van der Waals surface area contributed by atoms with Crippen molar-refractivity contribution in [2.24, 2.45) is 0 Å². The third kappa shape index (κ3) is 3.64. The minimum Gasteiger partial charge on any atom is -0.378 e. The Morgan fingerprint density at radius 3 is 2.88 bits per heavy atom. The van der Waals surface area contributed by atoms with E-state index < -0.39 is 0 Å². The van der Waals surface area contributed by atoms with Crippen molar-refractivity contribution in [3.8, 4) is 0 Å². The minimum absolute atomic E-state index is 0.142. The molecule has 0 saturated carbocycles. The Bertz CT molecular complexity index is 755. The molecular weight excluding hydrogens is 330 g/mol. The zero-order valence-corrected chi connectivity index (χ0v) is 15.2. The van der Waals surface area contributed by atoms with Gasteiger partial charge in [0, 0.05) is 51.3 Å². The number of fused-ring (bicyclic) bond motifs is 1. The van der Waals surface area contributed by atoms with Crippen LogP contribution in [0.25, 0.3) is 0 Å². The highest BCUT2D eigenvalue weighted by atomic mass is 16.5. The highest BCUT2D eigenvalue weighted by molar-refractivity contribution is 5.78. The molecule has 2 aromatic heterocycles. The quantitative estimate of drug-likeness (QED) is 0.826. The van der Waals surface area contributed by atoms with Crippen molar-refractivity contribution in [1.82, 2.24) is 24.3 Å². The Hall–Kier alpha value is -2.25. The van der Waals surface area contributed by atoms with Gasteiger partial charge in [-0.1, -0.05) is 6.07 Å². The molecule has 1 unspecified atom stereocenters. The lowest BCUT2D eigenvalue weighted by molar-refractivity contribution is -0.134. The molecule has 0 bridgehead atoms. The van der Waals surface area contributed by atoms with Crippen LogP contribution in [0.2, 0.25) is 0 Å². The number of rotatable bonds is 4. The van der Waals surface area contributed by atoms with Gasteiger partial charge in [0.15, 0.2) is 0 Å². The van der Waals surface area contributed by atoms with E-state index in [9.17, 15) is 4.79 Å². The lowest BCUT2D eigenvalue weighted by atomic mass is 10.1. The van der Waals surface area contributed by atoms with E-state index in [1.807, 2.05) is 23.4 Å². The standard InChI is InChI=1S/C19H25N5O2/c1-15-19-21-17(11-18(25)22-7-9-26-10-8-22)14-24(19)6-5-23(15)13-16-3-2-4-20-12-16/h2-4,12,14-15H,5-11,13H2,1H3. The zero-order valence-electron chi connectivity index (χ0n) is 15.2. The first-order valence-electron chi connectivity index (χ1n) is 9.25. The van der Waals surface area contributed by atoms with Crippen LogP contribution in [0.15, 0.2) is 30.7 Å². The summed E-state index contributed by atoms with van der Waals surface area (Å²) in [6.45, 7) is 7.54. The second-order valence-corrected chi connectivity index (χ2v) is 6.96. The molecule has 0 spiro atoms. The molecule has 1 fully saturated rings. The molecule has 2 aromatic rings. The van der Waals surface area contributed by atoms with Gasteiger partial charge in [0.25, 0.3) is 0 Å². The molecule has 0 N–H and O–H groups in total. The maximum atomic E-state index is 12.5. The smallest absolute Gasteiger partial charge is 0.228 e. The largest absolute Gasteiger partial charge is 0.378 e. The Kier molecular flexibility index (Phi) is 4.99.